The molecule has 0 atom stereocenters. The van der Waals surface area contributed by atoms with Crippen LogP contribution in [0.15, 0.2) is 0 Å². The first-order valence-corrected chi connectivity index (χ1v) is 6.75. The number of amides is 2. The number of nitrogens with one attached hydrogen (secondary N) is 1. The molecule has 1 aliphatic heterocycles. The van der Waals surface area contributed by atoms with E-state index in [1.165, 1.54) is 19.3 Å². The smallest absolute Gasteiger partial charge is 0.318 e. The van der Waals surface area contributed by atoms with Crippen LogP contribution in [0.25, 0.3) is 0 Å². The van der Waals surface area contributed by atoms with Crippen LogP contribution < -0.4 is 5.32 Å². The molecule has 1 saturated heterocycles. The summed E-state index contributed by atoms with van der Waals surface area (Å²) in [6.45, 7) is 6.11. The number of rotatable bonds is 1. The van der Waals surface area contributed by atoms with Crippen molar-refractivity contribution in [1.29, 1.82) is 0 Å². The van der Waals surface area contributed by atoms with Crippen LogP contribution in [0, 0.1) is 0 Å². The molecule has 4 heteroatoms. The number of hydrogen-bond acceptors (Lipinski definition) is 2. The third-order valence-corrected chi connectivity index (χ3v) is 3.82. The molecule has 0 aromatic carbocycles. The minimum atomic E-state index is -0.184. The second kappa shape index (κ2) is 5.25. The zero-order chi connectivity index (χ0) is 12.3. The van der Waals surface area contributed by atoms with Gasteiger partial charge in [0.2, 0.25) is 0 Å². The van der Waals surface area contributed by atoms with E-state index in [9.17, 15) is 4.79 Å². The van der Waals surface area contributed by atoms with Gasteiger partial charge in [0.1, 0.15) is 0 Å². The first-order chi connectivity index (χ1) is 8.09. The summed E-state index contributed by atoms with van der Waals surface area (Å²) in [4.78, 5) is 14.2. The maximum Gasteiger partial charge on any atom is 0.318 e. The van der Waals surface area contributed by atoms with E-state index in [1.54, 1.807) is 0 Å². The van der Waals surface area contributed by atoms with Crippen molar-refractivity contribution in [2.75, 3.05) is 19.8 Å². The van der Waals surface area contributed by atoms with Gasteiger partial charge in [0.25, 0.3) is 0 Å². The molecule has 0 unspecified atom stereocenters. The average Bonchev–Trinajstić information content (AvgIpc) is 2.29. The first-order valence-electron chi connectivity index (χ1n) is 6.75. The Morgan fingerprint density at radius 1 is 1.29 bits per heavy atom. The molecular formula is C13H24N2O2. The van der Waals surface area contributed by atoms with Gasteiger partial charge in [-0.2, -0.15) is 0 Å². The van der Waals surface area contributed by atoms with Crippen molar-refractivity contribution < 1.29 is 9.53 Å². The van der Waals surface area contributed by atoms with Crippen molar-refractivity contribution in [3.63, 3.8) is 0 Å². The van der Waals surface area contributed by atoms with Gasteiger partial charge in [-0.25, -0.2) is 4.79 Å². The Balaban J connectivity index is 1.89. The summed E-state index contributed by atoms with van der Waals surface area (Å²) >= 11 is 0. The highest BCUT2D eigenvalue weighted by Crippen LogP contribution is 2.21. The summed E-state index contributed by atoms with van der Waals surface area (Å²) in [5.41, 5.74) is -0.184. The van der Waals surface area contributed by atoms with E-state index in [2.05, 4.69) is 19.2 Å². The molecule has 2 fully saturated rings. The van der Waals surface area contributed by atoms with Gasteiger partial charge in [-0.15, -0.1) is 0 Å². The standard InChI is InChI=1S/C13H24N2O2/c1-13(2)10-17-9-8-15(13)12(16)14-11-6-4-3-5-7-11/h11H,3-10H2,1-2H3,(H,14,16). The van der Waals surface area contributed by atoms with Crippen LogP contribution in [0.2, 0.25) is 0 Å². The third-order valence-electron chi connectivity index (χ3n) is 3.82. The lowest BCUT2D eigenvalue weighted by molar-refractivity contribution is -0.0285. The topological polar surface area (TPSA) is 41.6 Å². The lowest BCUT2D eigenvalue weighted by Crippen LogP contribution is -2.59. The highest BCUT2D eigenvalue weighted by Gasteiger charge is 2.34. The average molecular weight is 240 g/mol. The molecule has 1 heterocycles. The molecule has 1 N–H and O–H groups in total. The van der Waals surface area contributed by atoms with Crippen molar-refractivity contribution in [2.45, 2.75) is 57.5 Å². The van der Waals surface area contributed by atoms with Crippen LogP contribution >= 0.6 is 0 Å². The number of morpholine rings is 1. The predicted octanol–water partition coefficient (Wildman–Crippen LogP) is 2.14. The Bertz CT molecular complexity index is 273. The monoisotopic (exact) mass is 240 g/mol. The van der Waals surface area contributed by atoms with E-state index in [4.69, 9.17) is 4.74 Å². The molecule has 1 aliphatic carbocycles. The van der Waals surface area contributed by atoms with Gasteiger partial charge in [0.15, 0.2) is 0 Å². The maximum atomic E-state index is 12.2. The highest BCUT2D eigenvalue weighted by atomic mass is 16.5. The Hall–Kier alpha value is -0.770. The summed E-state index contributed by atoms with van der Waals surface area (Å²) < 4.78 is 5.43. The molecular weight excluding hydrogens is 216 g/mol. The van der Waals surface area contributed by atoms with Crippen LogP contribution in [0.5, 0.6) is 0 Å². The van der Waals surface area contributed by atoms with E-state index < -0.39 is 0 Å². The van der Waals surface area contributed by atoms with Crippen LogP contribution in [0.1, 0.15) is 46.0 Å². The molecule has 4 nitrogen and oxygen atoms in total. The number of carbonyl (C=O) groups excluding carboxylic acids is 1. The Labute approximate surface area is 104 Å². The molecule has 2 rings (SSSR count). The summed E-state index contributed by atoms with van der Waals surface area (Å²) in [6, 6.07) is 0.472. The van der Waals surface area contributed by atoms with Gasteiger partial charge in [-0.3, -0.25) is 0 Å². The normalized spacial score (nSPS) is 25.6. The number of urea groups is 1. The van der Waals surface area contributed by atoms with Gasteiger partial charge >= 0.3 is 6.03 Å². The fraction of sp³-hybridized carbons (Fsp3) is 0.923. The molecule has 0 bridgehead atoms. The highest BCUT2D eigenvalue weighted by molar-refractivity contribution is 5.75. The van der Waals surface area contributed by atoms with Gasteiger partial charge in [-0.05, 0) is 26.7 Å². The summed E-state index contributed by atoms with van der Waals surface area (Å²) in [5, 5.41) is 3.18. The second-order valence-electron chi connectivity index (χ2n) is 5.80. The zero-order valence-electron chi connectivity index (χ0n) is 11.0. The molecule has 1 saturated carbocycles. The molecule has 17 heavy (non-hydrogen) atoms. The molecule has 2 aliphatic rings. The number of carbonyl (C=O) groups is 1. The predicted molar refractivity (Wildman–Crippen MR) is 67.0 cm³/mol. The zero-order valence-corrected chi connectivity index (χ0v) is 11.0. The van der Waals surface area contributed by atoms with Crippen LogP contribution in [-0.4, -0.2) is 42.3 Å². The van der Waals surface area contributed by atoms with E-state index in [0.717, 1.165) is 12.8 Å². The summed E-state index contributed by atoms with van der Waals surface area (Å²) in [7, 11) is 0. The third kappa shape index (κ3) is 3.12. The molecule has 2 amide bonds. The van der Waals surface area contributed by atoms with E-state index >= 15 is 0 Å². The van der Waals surface area contributed by atoms with Crippen LogP contribution in [0.4, 0.5) is 4.79 Å². The van der Waals surface area contributed by atoms with Gasteiger partial charge < -0.3 is 15.0 Å². The molecule has 0 aromatic heterocycles. The Kier molecular flexibility index (Phi) is 3.92. The van der Waals surface area contributed by atoms with E-state index in [0.29, 0.717) is 25.8 Å². The maximum absolute atomic E-state index is 12.2. The largest absolute Gasteiger partial charge is 0.377 e. The van der Waals surface area contributed by atoms with Crippen molar-refractivity contribution in [1.82, 2.24) is 10.2 Å². The fourth-order valence-electron chi connectivity index (χ4n) is 2.73. The Morgan fingerprint density at radius 2 is 2.00 bits per heavy atom. The van der Waals surface area contributed by atoms with Crippen molar-refractivity contribution in [2.24, 2.45) is 0 Å². The van der Waals surface area contributed by atoms with Gasteiger partial charge in [0.05, 0.1) is 18.8 Å². The summed E-state index contributed by atoms with van der Waals surface area (Å²) in [5.74, 6) is 0. The lowest BCUT2D eigenvalue weighted by Gasteiger charge is -2.42. The first kappa shape index (κ1) is 12.7. The lowest BCUT2D eigenvalue weighted by atomic mass is 9.95. The fourth-order valence-corrected chi connectivity index (χ4v) is 2.73. The molecule has 0 aromatic rings. The molecule has 0 radical (unpaired) electrons. The van der Waals surface area contributed by atoms with E-state index in [1.807, 2.05) is 4.90 Å². The SMILES string of the molecule is CC1(C)COCCN1C(=O)NC1CCCCC1. The quantitative estimate of drug-likeness (QED) is 0.763. The molecule has 98 valence electrons. The minimum absolute atomic E-state index is 0.0881. The van der Waals surface area contributed by atoms with Gasteiger partial charge in [-0.1, -0.05) is 19.3 Å². The number of nitrogens with zero attached hydrogens (tertiary/aromatic N) is 1. The number of hydrogen-bond donors (Lipinski definition) is 1. The second-order valence-corrected chi connectivity index (χ2v) is 5.80. The van der Waals surface area contributed by atoms with Crippen LogP contribution in [0.3, 0.4) is 0 Å². The van der Waals surface area contributed by atoms with Gasteiger partial charge in [0, 0.05) is 12.6 Å². The Morgan fingerprint density at radius 3 is 2.65 bits per heavy atom. The van der Waals surface area contributed by atoms with Crippen molar-refractivity contribution in [3.8, 4) is 0 Å². The molecule has 0 spiro atoms. The van der Waals surface area contributed by atoms with Crippen molar-refractivity contribution in [3.05, 3.63) is 0 Å². The summed E-state index contributed by atoms with van der Waals surface area (Å²) in [6.07, 6.45) is 6.08. The van der Waals surface area contributed by atoms with Crippen molar-refractivity contribution >= 4 is 6.03 Å². The van der Waals surface area contributed by atoms with Crippen LogP contribution in [-0.2, 0) is 4.74 Å². The van der Waals surface area contributed by atoms with E-state index in [-0.39, 0.29) is 11.6 Å². The number of ether oxygens (including phenoxy) is 1. The minimum Gasteiger partial charge on any atom is -0.377 e.